The van der Waals surface area contributed by atoms with Crippen molar-refractivity contribution in [3.8, 4) is 11.4 Å². The third-order valence-corrected chi connectivity index (χ3v) is 7.91. The Hall–Kier alpha value is -3.82. The Morgan fingerprint density at radius 2 is 1.89 bits per heavy atom. The van der Waals surface area contributed by atoms with Crippen LogP contribution in [-0.4, -0.2) is 52.4 Å². The molecule has 5 aromatic rings. The number of hydrogen-bond acceptors (Lipinski definition) is 7. The number of thiophene rings is 1. The molecule has 4 heterocycles. The molecule has 0 bridgehead atoms. The first kappa shape index (κ1) is 22.6. The molecule has 0 atom stereocenters. The first-order valence-electron chi connectivity index (χ1n) is 11.9. The van der Waals surface area contributed by atoms with E-state index in [1.807, 2.05) is 68.6 Å². The maximum Gasteiger partial charge on any atom is 0.251 e. The number of ether oxygens (including phenoxy) is 1. The number of hydrogen-bond donors (Lipinski definition) is 2. The summed E-state index contributed by atoms with van der Waals surface area (Å²) in [4.78, 5) is 26.3. The van der Waals surface area contributed by atoms with Gasteiger partial charge in [0.05, 0.1) is 40.7 Å². The predicted molar refractivity (Wildman–Crippen MR) is 142 cm³/mol. The fourth-order valence-corrected chi connectivity index (χ4v) is 5.67. The molecular formula is C27H26N6O2S. The van der Waals surface area contributed by atoms with Crippen molar-refractivity contribution in [3.05, 3.63) is 71.2 Å². The van der Waals surface area contributed by atoms with E-state index in [1.54, 1.807) is 11.3 Å². The van der Waals surface area contributed by atoms with Crippen LogP contribution < -0.4 is 10.2 Å². The Balaban J connectivity index is 1.45. The zero-order valence-corrected chi connectivity index (χ0v) is 20.9. The van der Waals surface area contributed by atoms with Crippen LogP contribution in [0, 0.1) is 0 Å². The van der Waals surface area contributed by atoms with Crippen LogP contribution in [-0.2, 0) is 10.3 Å². The minimum absolute atomic E-state index is 0.107. The molecule has 1 fully saturated rings. The van der Waals surface area contributed by atoms with Crippen LogP contribution in [0.3, 0.4) is 0 Å². The number of benzene rings is 2. The van der Waals surface area contributed by atoms with Gasteiger partial charge in [-0.1, -0.05) is 30.3 Å². The molecule has 0 saturated carbocycles. The first-order valence-corrected chi connectivity index (χ1v) is 12.8. The van der Waals surface area contributed by atoms with Crippen molar-refractivity contribution >= 4 is 44.2 Å². The highest BCUT2D eigenvalue weighted by molar-refractivity contribution is 7.19. The third kappa shape index (κ3) is 4.10. The van der Waals surface area contributed by atoms with Crippen LogP contribution in [0.25, 0.3) is 32.5 Å². The zero-order valence-electron chi connectivity index (χ0n) is 20.1. The van der Waals surface area contributed by atoms with Gasteiger partial charge in [0, 0.05) is 34.5 Å². The molecule has 2 aromatic carbocycles. The van der Waals surface area contributed by atoms with E-state index >= 15 is 0 Å². The SMILES string of the molecule is CC(C)(NC(=O)c1ccccc1)c1cc2nc(-c3cccc4[nH]ncc34)nc(N3CCOCC3)c2s1. The van der Waals surface area contributed by atoms with Gasteiger partial charge in [-0.2, -0.15) is 5.10 Å². The van der Waals surface area contributed by atoms with Gasteiger partial charge < -0.3 is 15.0 Å². The predicted octanol–water partition coefficient (Wildman–Crippen LogP) is 4.74. The van der Waals surface area contributed by atoms with E-state index < -0.39 is 5.54 Å². The highest BCUT2D eigenvalue weighted by Crippen LogP contribution is 2.39. The number of carbonyl (C=O) groups is 1. The molecule has 6 rings (SSSR count). The summed E-state index contributed by atoms with van der Waals surface area (Å²) in [6.45, 7) is 6.90. The smallest absolute Gasteiger partial charge is 0.251 e. The summed E-state index contributed by atoms with van der Waals surface area (Å²) in [6, 6.07) is 17.4. The Kier molecular flexibility index (Phi) is 5.66. The number of anilines is 1. The number of amides is 1. The van der Waals surface area contributed by atoms with Crippen molar-refractivity contribution in [1.29, 1.82) is 0 Å². The number of nitrogens with one attached hydrogen (secondary N) is 2. The van der Waals surface area contributed by atoms with E-state index in [0.717, 1.165) is 50.5 Å². The summed E-state index contributed by atoms with van der Waals surface area (Å²) in [5, 5.41) is 11.4. The zero-order chi connectivity index (χ0) is 24.7. The standard InChI is InChI=1S/C27H26N6O2S/c1-27(2,31-26(34)17-7-4-3-5-8-17)22-15-21-23(36-22)25(33-11-13-35-14-12-33)30-24(29-21)18-9-6-10-20-19(18)16-28-32-20/h3-10,15-16H,11-14H2,1-2H3,(H,28,32)(H,31,34). The van der Waals surface area contributed by atoms with Crippen LogP contribution in [0.5, 0.6) is 0 Å². The number of morpholine rings is 1. The van der Waals surface area contributed by atoms with Crippen molar-refractivity contribution in [1.82, 2.24) is 25.5 Å². The molecule has 0 unspecified atom stereocenters. The summed E-state index contributed by atoms with van der Waals surface area (Å²) >= 11 is 1.63. The second-order valence-electron chi connectivity index (χ2n) is 9.38. The van der Waals surface area contributed by atoms with Crippen LogP contribution in [0.2, 0.25) is 0 Å². The van der Waals surface area contributed by atoms with Crippen molar-refractivity contribution in [3.63, 3.8) is 0 Å². The molecule has 2 N–H and O–H groups in total. The van der Waals surface area contributed by atoms with Crippen LogP contribution in [0.15, 0.2) is 60.8 Å². The topological polar surface area (TPSA) is 96.0 Å². The average Bonchev–Trinajstić information content (AvgIpc) is 3.56. The second-order valence-corrected chi connectivity index (χ2v) is 10.4. The second kappa shape index (κ2) is 9.00. The van der Waals surface area contributed by atoms with Gasteiger partial charge in [-0.25, -0.2) is 9.97 Å². The van der Waals surface area contributed by atoms with Gasteiger partial charge in [-0.15, -0.1) is 11.3 Å². The summed E-state index contributed by atoms with van der Waals surface area (Å²) in [5.74, 6) is 1.46. The van der Waals surface area contributed by atoms with Gasteiger partial charge in [-0.3, -0.25) is 9.89 Å². The summed E-state index contributed by atoms with van der Waals surface area (Å²) < 4.78 is 6.61. The van der Waals surface area contributed by atoms with Gasteiger partial charge in [0.2, 0.25) is 0 Å². The highest BCUT2D eigenvalue weighted by Gasteiger charge is 2.28. The van der Waals surface area contributed by atoms with Gasteiger partial charge >= 0.3 is 0 Å². The number of aromatic amines is 1. The molecule has 182 valence electrons. The Morgan fingerprint density at radius 1 is 1.08 bits per heavy atom. The van der Waals surface area contributed by atoms with Gasteiger partial charge in [0.25, 0.3) is 5.91 Å². The normalized spacial score (nSPS) is 14.4. The lowest BCUT2D eigenvalue weighted by Gasteiger charge is -2.28. The Morgan fingerprint density at radius 3 is 2.69 bits per heavy atom. The quantitative estimate of drug-likeness (QED) is 0.364. The molecule has 0 aliphatic carbocycles. The van der Waals surface area contributed by atoms with Crippen molar-refractivity contribution in [2.45, 2.75) is 19.4 Å². The lowest BCUT2D eigenvalue weighted by atomic mass is 10.0. The van der Waals surface area contributed by atoms with Crippen LogP contribution in [0.1, 0.15) is 29.1 Å². The molecule has 0 radical (unpaired) electrons. The molecule has 1 aliphatic heterocycles. The van der Waals surface area contributed by atoms with E-state index in [2.05, 4.69) is 26.5 Å². The lowest BCUT2D eigenvalue weighted by molar-refractivity contribution is 0.0913. The molecule has 0 spiro atoms. The van der Waals surface area contributed by atoms with E-state index in [1.165, 1.54) is 0 Å². The van der Waals surface area contributed by atoms with Gasteiger partial charge in [0.1, 0.15) is 0 Å². The van der Waals surface area contributed by atoms with Gasteiger partial charge in [0.15, 0.2) is 11.6 Å². The fraction of sp³-hybridized carbons (Fsp3) is 0.259. The first-order chi connectivity index (χ1) is 17.5. The van der Waals surface area contributed by atoms with E-state index in [-0.39, 0.29) is 5.91 Å². The molecule has 3 aromatic heterocycles. The van der Waals surface area contributed by atoms with E-state index in [0.29, 0.717) is 24.6 Å². The van der Waals surface area contributed by atoms with Crippen LogP contribution in [0.4, 0.5) is 5.82 Å². The number of aromatic nitrogens is 4. The number of carbonyl (C=O) groups excluding carboxylic acids is 1. The minimum Gasteiger partial charge on any atom is -0.378 e. The third-order valence-electron chi connectivity index (χ3n) is 6.47. The lowest BCUT2D eigenvalue weighted by Crippen LogP contribution is -2.40. The van der Waals surface area contributed by atoms with Gasteiger partial charge in [-0.05, 0) is 38.1 Å². The summed E-state index contributed by atoms with van der Waals surface area (Å²) in [6.07, 6.45) is 1.81. The Labute approximate surface area is 212 Å². The van der Waals surface area contributed by atoms with Crippen molar-refractivity contribution in [2.75, 3.05) is 31.2 Å². The molecule has 9 heteroatoms. The monoisotopic (exact) mass is 498 g/mol. The van der Waals surface area contributed by atoms with Crippen molar-refractivity contribution < 1.29 is 9.53 Å². The number of fused-ring (bicyclic) bond motifs is 2. The largest absolute Gasteiger partial charge is 0.378 e. The molecular weight excluding hydrogens is 472 g/mol. The van der Waals surface area contributed by atoms with E-state index in [9.17, 15) is 4.79 Å². The highest BCUT2D eigenvalue weighted by atomic mass is 32.1. The number of H-pyrrole nitrogens is 1. The molecule has 1 amide bonds. The number of nitrogens with zero attached hydrogens (tertiary/aromatic N) is 4. The maximum atomic E-state index is 12.9. The Bertz CT molecular complexity index is 1550. The summed E-state index contributed by atoms with van der Waals surface area (Å²) in [5.41, 5.74) is 2.78. The van der Waals surface area contributed by atoms with E-state index in [4.69, 9.17) is 14.7 Å². The molecule has 36 heavy (non-hydrogen) atoms. The van der Waals surface area contributed by atoms with Crippen LogP contribution >= 0.6 is 11.3 Å². The fourth-order valence-electron chi connectivity index (χ4n) is 4.50. The van der Waals surface area contributed by atoms with Crippen molar-refractivity contribution in [2.24, 2.45) is 0 Å². The maximum absolute atomic E-state index is 12.9. The molecule has 1 saturated heterocycles. The molecule has 8 nitrogen and oxygen atoms in total. The average molecular weight is 499 g/mol. The minimum atomic E-state index is -0.592. The molecule has 1 aliphatic rings. The summed E-state index contributed by atoms with van der Waals surface area (Å²) in [7, 11) is 0. The number of rotatable bonds is 5.